The minimum Gasteiger partial charge on any atom is -0.492 e. The van der Waals surface area contributed by atoms with Crippen LogP contribution in [0.1, 0.15) is 21.8 Å². The first kappa shape index (κ1) is 13.5. The van der Waals surface area contributed by atoms with Crippen molar-refractivity contribution in [3.05, 3.63) is 58.6 Å². The summed E-state index contributed by atoms with van der Waals surface area (Å²) in [6.07, 6.45) is 0.745. The maximum absolute atomic E-state index is 11.1. The highest BCUT2D eigenvalue weighted by Gasteiger charge is 2.23. The number of thioether (sulfide) groups is 1. The lowest BCUT2D eigenvalue weighted by Crippen LogP contribution is -2.10. The summed E-state index contributed by atoms with van der Waals surface area (Å²) in [4.78, 5) is 12.4. The zero-order valence-electron chi connectivity index (χ0n) is 10.7. The molecular weight excluding hydrogens is 292 g/mol. The summed E-state index contributed by atoms with van der Waals surface area (Å²) in [5.74, 6) is 1.92. The Bertz CT molecular complexity index is 642. The van der Waals surface area contributed by atoms with Crippen molar-refractivity contribution in [2.75, 3.05) is 12.4 Å². The van der Waals surface area contributed by atoms with E-state index in [1.54, 1.807) is 18.2 Å². The van der Waals surface area contributed by atoms with Gasteiger partial charge in [0.25, 0.3) is 0 Å². The highest BCUT2D eigenvalue weighted by Crippen LogP contribution is 2.39. The van der Waals surface area contributed by atoms with Crippen molar-refractivity contribution in [1.29, 1.82) is 0 Å². The Morgan fingerprint density at radius 3 is 2.95 bits per heavy atom. The molecule has 0 spiro atoms. The van der Waals surface area contributed by atoms with Crippen molar-refractivity contribution in [3.8, 4) is 5.75 Å². The molecule has 0 saturated carbocycles. The van der Waals surface area contributed by atoms with Crippen molar-refractivity contribution in [2.24, 2.45) is 0 Å². The first-order valence-electron chi connectivity index (χ1n) is 6.38. The summed E-state index contributed by atoms with van der Waals surface area (Å²) in [6.45, 7) is 0.561. The van der Waals surface area contributed by atoms with Crippen LogP contribution in [-0.2, 0) is 0 Å². The number of carbonyl (C=O) groups is 1. The molecule has 0 aliphatic carbocycles. The number of halogens is 1. The summed E-state index contributed by atoms with van der Waals surface area (Å²) in [7, 11) is 0. The Labute approximate surface area is 127 Å². The summed E-state index contributed by atoms with van der Waals surface area (Å²) < 4.78 is 5.82. The molecule has 2 nitrogen and oxygen atoms in total. The number of hydrogen-bond acceptors (Lipinski definition) is 3. The summed E-state index contributed by atoms with van der Waals surface area (Å²) in [5, 5.41) is 0.429. The molecule has 0 saturated heterocycles. The monoisotopic (exact) mass is 304 g/mol. The van der Waals surface area contributed by atoms with Gasteiger partial charge in [0.2, 0.25) is 0 Å². The molecule has 1 heterocycles. The predicted molar refractivity (Wildman–Crippen MR) is 82.2 cm³/mol. The average molecular weight is 305 g/mol. The smallest absolute Gasteiger partial charge is 0.155 e. The van der Waals surface area contributed by atoms with Gasteiger partial charge in [0.15, 0.2) is 6.29 Å². The molecule has 20 heavy (non-hydrogen) atoms. The number of fused-ring (bicyclic) bond motifs is 1. The Balaban J connectivity index is 1.75. The van der Waals surface area contributed by atoms with Gasteiger partial charge in [-0.05, 0) is 23.8 Å². The van der Waals surface area contributed by atoms with E-state index in [4.69, 9.17) is 16.3 Å². The first-order chi connectivity index (χ1) is 9.79. The third-order valence-electron chi connectivity index (χ3n) is 3.37. The van der Waals surface area contributed by atoms with E-state index in [2.05, 4.69) is 18.2 Å². The molecule has 1 atom stereocenters. The van der Waals surface area contributed by atoms with Gasteiger partial charge < -0.3 is 4.74 Å². The molecule has 0 bridgehead atoms. The Kier molecular flexibility index (Phi) is 3.99. The number of rotatable bonds is 4. The third-order valence-corrected chi connectivity index (χ3v) is 4.95. The standard InChI is InChI=1S/C16H13ClO2S/c17-14-5-3-6-15(13(14)8-18)19-9-11-10-20-16-7-2-1-4-12(11)16/h1-8,11H,9-10H2. The van der Waals surface area contributed by atoms with Crippen LogP contribution in [0, 0.1) is 0 Å². The molecule has 0 aromatic heterocycles. The molecule has 0 radical (unpaired) electrons. The topological polar surface area (TPSA) is 26.3 Å². The zero-order chi connectivity index (χ0) is 13.9. The predicted octanol–water partition coefficient (Wildman–Crippen LogP) is 4.42. The van der Waals surface area contributed by atoms with Crippen LogP contribution >= 0.6 is 23.4 Å². The second kappa shape index (κ2) is 5.90. The van der Waals surface area contributed by atoms with Crippen LogP contribution in [0.15, 0.2) is 47.4 Å². The number of ether oxygens (including phenoxy) is 1. The summed E-state index contributed by atoms with van der Waals surface area (Å²) >= 11 is 7.84. The van der Waals surface area contributed by atoms with Crippen LogP contribution in [0.4, 0.5) is 0 Å². The first-order valence-corrected chi connectivity index (χ1v) is 7.74. The van der Waals surface area contributed by atoms with Crippen molar-refractivity contribution in [2.45, 2.75) is 10.8 Å². The molecule has 0 N–H and O–H groups in total. The van der Waals surface area contributed by atoms with E-state index < -0.39 is 0 Å². The fraction of sp³-hybridized carbons (Fsp3) is 0.188. The SMILES string of the molecule is O=Cc1c(Cl)cccc1OCC1CSc2ccccc21. The summed E-state index contributed by atoms with van der Waals surface area (Å²) in [5.41, 5.74) is 1.75. The normalized spacial score (nSPS) is 16.8. The van der Waals surface area contributed by atoms with Crippen LogP contribution in [0.25, 0.3) is 0 Å². The molecule has 2 aromatic carbocycles. The number of benzene rings is 2. The highest BCUT2D eigenvalue weighted by atomic mass is 35.5. The minimum atomic E-state index is 0.356. The van der Waals surface area contributed by atoms with Gasteiger partial charge in [-0.3, -0.25) is 4.79 Å². The van der Waals surface area contributed by atoms with E-state index >= 15 is 0 Å². The molecular formula is C16H13ClO2S. The maximum atomic E-state index is 11.1. The molecule has 4 heteroatoms. The van der Waals surface area contributed by atoms with Gasteiger partial charge in [-0.25, -0.2) is 0 Å². The lowest BCUT2D eigenvalue weighted by Gasteiger charge is -2.14. The molecule has 1 unspecified atom stereocenters. The fourth-order valence-corrected chi connectivity index (χ4v) is 3.76. The van der Waals surface area contributed by atoms with Crippen molar-refractivity contribution >= 4 is 29.6 Å². The van der Waals surface area contributed by atoms with Crippen LogP contribution < -0.4 is 4.74 Å². The average Bonchev–Trinajstić information content (AvgIpc) is 2.88. The van der Waals surface area contributed by atoms with Crippen LogP contribution in [0.3, 0.4) is 0 Å². The highest BCUT2D eigenvalue weighted by molar-refractivity contribution is 7.99. The van der Waals surface area contributed by atoms with Crippen molar-refractivity contribution < 1.29 is 9.53 Å². The lowest BCUT2D eigenvalue weighted by atomic mass is 10.0. The van der Waals surface area contributed by atoms with Crippen LogP contribution in [-0.4, -0.2) is 18.6 Å². The minimum absolute atomic E-state index is 0.356. The van der Waals surface area contributed by atoms with Crippen LogP contribution in [0.5, 0.6) is 5.75 Å². The molecule has 3 rings (SSSR count). The van der Waals surface area contributed by atoms with Gasteiger partial charge in [0.1, 0.15) is 5.75 Å². The molecule has 1 aliphatic rings. The fourth-order valence-electron chi connectivity index (χ4n) is 2.32. The molecule has 102 valence electrons. The zero-order valence-corrected chi connectivity index (χ0v) is 12.3. The number of carbonyl (C=O) groups excluding carboxylic acids is 1. The van der Waals surface area contributed by atoms with Gasteiger partial charge >= 0.3 is 0 Å². The van der Waals surface area contributed by atoms with E-state index in [9.17, 15) is 4.79 Å². The summed E-state index contributed by atoms with van der Waals surface area (Å²) in [6, 6.07) is 13.6. The van der Waals surface area contributed by atoms with Gasteiger partial charge in [-0.1, -0.05) is 35.9 Å². The lowest BCUT2D eigenvalue weighted by molar-refractivity contribution is 0.111. The quantitative estimate of drug-likeness (QED) is 0.782. The van der Waals surface area contributed by atoms with E-state index in [0.29, 0.717) is 28.9 Å². The van der Waals surface area contributed by atoms with Gasteiger partial charge in [-0.15, -0.1) is 11.8 Å². The molecule has 2 aromatic rings. The van der Waals surface area contributed by atoms with E-state index in [1.165, 1.54) is 10.5 Å². The number of aldehydes is 1. The second-order valence-electron chi connectivity index (χ2n) is 4.63. The van der Waals surface area contributed by atoms with Crippen LogP contribution in [0.2, 0.25) is 5.02 Å². The van der Waals surface area contributed by atoms with Gasteiger partial charge in [-0.2, -0.15) is 0 Å². The molecule has 1 aliphatic heterocycles. The number of hydrogen-bond donors (Lipinski definition) is 0. The Hall–Kier alpha value is -1.45. The maximum Gasteiger partial charge on any atom is 0.155 e. The molecule has 0 fully saturated rings. The van der Waals surface area contributed by atoms with Gasteiger partial charge in [0.05, 0.1) is 17.2 Å². The Morgan fingerprint density at radius 2 is 2.10 bits per heavy atom. The van der Waals surface area contributed by atoms with Gasteiger partial charge in [0, 0.05) is 16.6 Å². The van der Waals surface area contributed by atoms with E-state index in [-0.39, 0.29) is 0 Å². The molecule has 0 amide bonds. The van der Waals surface area contributed by atoms with E-state index in [1.807, 2.05) is 17.8 Å². The largest absolute Gasteiger partial charge is 0.492 e. The Morgan fingerprint density at radius 1 is 1.25 bits per heavy atom. The van der Waals surface area contributed by atoms with Crippen molar-refractivity contribution in [1.82, 2.24) is 0 Å². The van der Waals surface area contributed by atoms with E-state index in [0.717, 1.165) is 12.0 Å². The van der Waals surface area contributed by atoms with Crippen molar-refractivity contribution in [3.63, 3.8) is 0 Å². The third kappa shape index (κ3) is 2.56. The second-order valence-corrected chi connectivity index (χ2v) is 6.10.